The van der Waals surface area contributed by atoms with E-state index in [-0.39, 0.29) is 0 Å². The van der Waals surface area contributed by atoms with E-state index in [4.69, 9.17) is 4.74 Å². The minimum atomic E-state index is 0.356. The number of hydrogen-bond acceptors (Lipinski definition) is 4. The quantitative estimate of drug-likeness (QED) is 0.837. The zero-order valence-electron chi connectivity index (χ0n) is 10.6. The predicted octanol–water partition coefficient (Wildman–Crippen LogP) is 1.98. The highest BCUT2D eigenvalue weighted by Gasteiger charge is 2.24. The largest absolute Gasteiger partial charge is 0.378 e. The van der Waals surface area contributed by atoms with Gasteiger partial charge in [0.2, 0.25) is 0 Å². The van der Waals surface area contributed by atoms with Crippen molar-refractivity contribution in [1.82, 2.24) is 5.32 Å². The van der Waals surface area contributed by atoms with E-state index >= 15 is 0 Å². The van der Waals surface area contributed by atoms with Crippen molar-refractivity contribution in [2.75, 3.05) is 18.5 Å². The van der Waals surface area contributed by atoms with Gasteiger partial charge in [0.15, 0.2) is 5.96 Å². The number of benzene rings is 1. The lowest BCUT2D eigenvalue weighted by molar-refractivity contribution is 0.106. The van der Waals surface area contributed by atoms with E-state index in [0.29, 0.717) is 12.0 Å². The van der Waals surface area contributed by atoms with E-state index in [1.54, 1.807) is 0 Å². The van der Waals surface area contributed by atoms with Crippen LogP contribution in [-0.2, 0) is 11.3 Å². The van der Waals surface area contributed by atoms with Crippen molar-refractivity contribution in [2.45, 2.75) is 26.0 Å². The summed E-state index contributed by atoms with van der Waals surface area (Å²) in [6.45, 7) is 4.71. The standard InChI is InChI=1S/C14H19N3O/c1-10-11(6-7-18-10)8-15-14-16-9-12-4-2-3-5-13(12)17-14/h2-5,10-11H,6-9H2,1H3,(H2,15,16,17). The van der Waals surface area contributed by atoms with Crippen LogP contribution < -0.4 is 10.6 Å². The number of rotatable bonds is 2. The summed E-state index contributed by atoms with van der Waals surface area (Å²) in [5, 5.41) is 6.73. The molecular formula is C14H19N3O. The summed E-state index contributed by atoms with van der Waals surface area (Å²) < 4.78 is 5.56. The van der Waals surface area contributed by atoms with Gasteiger partial charge in [0, 0.05) is 24.8 Å². The zero-order valence-corrected chi connectivity index (χ0v) is 10.6. The number of ether oxygens (including phenoxy) is 1. The van der Waals surface area contributed by atoms with E-state index in [2.05, 4.69) is 34.7 Å². The first-order chi connectivity index (χ1) is 8.83. The van der Waals surface area contributed by atoms with Crippen LogP contribution in [-0.4, -0.2) is 25.2 Å². The van der Waals surface area contributed by atoms with Crippen LogP contribution in [0.3, 0.4) is 0 Å². The van der Waals surface area contributed by atoms with Gasteiger partial charge in [0.25, 0.3) is 0 Å². The molecule has 1 aromatic rings. The minimum absolute atomic E-state index is 0.356. The third-order valence-corrected chi connectivity index (χ3v) is 3.74. The van der Waals surface area contributed by atoms with Gasteiger partial charge in [-0.1, -0.05) is 18.2 Å². The summed E-state index contributed by atoms with van der Waals surface area (Å²) in [6.07, 6.45) is 1.49. The van der Waals surface area contributed by atoms with E-state index < -0.39 is 0 Å². The maximum atomic E-state index is 5.56. The molecule has 2 unspecified atom stereocenters. The van der Waals surface area contributed by atoms with Gasteiger partial charge in [-0.3, -0.25) is 0 Å². The first-order valence-electron chi connectivity index (χ1n) is 6.58. The lowest BCUT2D eigenvalue weighted by atomic mass is 10.0. The first kappa shape index (κ1) is 11.5. The highest BCUT2D eigenvalue weighted by atomic mass is 16.5. The number of guanidine groups is 1. The number of anilines is 1. The number of fused-ring (bicyclic) bond motifs is 1. The molecule has 2 heterocycles. The van der Waals surface area contributed by atoms with Crippen molar-refractivity contribution >= 4 is 11.6 Å². The lowest BCUT2D eigenvalue weighted by Crippen LogP contribution is -2.37. The number of aliphatic imine (C=N–C) groups is 1. The number of para-hydroxylation sites is 1. The van der Waals surface area contributed by atoms with Gasteiger partial charge >= 0.3 is 0 Å². The molecule has 1 fully saturated rings. The first-order valence-corrected chi connectivity index (χ1v) is 6.58. The van der Waals surface area contributed by atoms with Crippen molar-refractivity contribution in [2.24, 2.45) is 10.9 Å². The molecule has 4 heteroatoms. The Labute approximate surface area is 107 Å². The fraction of sp³-hybridized carbons (Fsp3) is 0.500. The van der Waals surface area contributed by atoms with Crippen LogP contribution in [0.15, 0.2) is 29.3 Å². The Morgan fingerprint density at radius 1 is 1.44 bits per heavy atom. The van der Waals surface area contributed by atoms with Crippen molar-refractivity contribution < 1.29 is 4.74 Å². The van der Waals surface area contributed by atoms with Crippen LogP contribution in [0.1, 0.15) is 18.9 Å². The number of hydrogen-bond donors (Lipinski definition) is 2. The van der Waals surface area contributed by atoms with Gasteiger partial charge in [0.05, 0.1) is 12.6 Å². The Morgan fingerprint density at radius 2 is 2.33 bits per heavy atom. The summed E-state index contributed by atoms with van der Waals surface area (Å²) in [6, 6.07) is 8.29. The predicted molar refractivity (Wildman–Crippen MR) is 72.7 cm³/mol. The van der Waals surface area contributed by atoms with Gasteiger partial charge < -0.3 is 15.4 Å². The lowest BCUT2D eigenvalue weighted by Gasteiger charge is -2.21. The van der Waals surface area contributed by atoms with E-state index in [9.17, 15) is 0 Å². The fourth-order valence-electron chi connectivity index (χ4n) is 2.48. The second kappa shape index (κ2) is 4.98. The molecule has 2 N–H and O–H groups in total. The average Bonchev–Trinajstić information content (AvgIpc) is 2.82. The molecule has 0 aromatic heterocycles. The van der Waals surface area contributed by atoms with Crippen molar-refractivity contribution in [3.8, 4) is 0 Å². The normalized spacial score (nSPS) is 26.2. The molecule has 4 nitrogen and oxygen atoms in total. The van der Waals surface area contributed by atoms with Gasteiger partial charge in [-0.05, 0) is 25.0 Å². The molecule has 1 aromatic carbocycles. The molecule has 3 rings (SSSR count). The molecule has 2 atom stereocenters. The molecule has 0 saturated carbocycles. The third-order valence-electron chi connectivity index (χ3n) is 3.74. The summed E-state index contributed by atoms with van der Waals surface area (Å²) in [5.74, 6) is 1.47. The van der Waals surface area contributed by atoms with Gasteiger partial charge in [-0.2, -0.15) is 0 Å². The molecule has 0 radical (unpaired) electrons. The maximum absolute atomic E-state index is 5.56. The van der Waals surface area contributed by atoms with E-state index in [0.717, 1.165) is 37.8 Å². The molecule has 2 aliphatic rings. The molecule has 1 saturated heterocycles. The Hall–Kier alpha value is -1.55. The second-order valence-electron chi connectivity index (χ2n) is 4.95. The zero-order chi connectivity index (χ0) is 12.4. The Morgan fingerprint density at radius 3 is 3.17 bits per heavy atom. The molecule has 0 amide bonds. The van der Waals surface area contributed by atoms with Gasteiger partial charge in [-0.25, -0.2) is 4.99 Å². The molecular weight excluding hydrogens is 226 g/mol. The highest BCUT2D eigenvalue weighted by molar-refractivity contribution is 5.95. The van der Waals surface area contributed by atoms with Crippen LogP contribution in [0, 0.1) is 5.92 Å². The van der Waals surface area contributed by atoms with Crippen molar-refractivity contribution in [3.63, 3.8) is 0 Å². The molecule has 0 spiro atoms. The van der Waals surface area contributed by atoms with Crippen molar-refractivity contribution in [3.05, 3.63) is 29.8 Å². The summed E-state index contributed by atoms with van der Waals surface area (Å²) in [4.78, 5) is 4.51. The minimum Gasteiger partial charge on any atom is -0.378 e. The SMILES string of the molecule is CC1OCCC1CNC1=NCc2ccccc2N1. The van der Waals surface area contributed by atoms with Crippen molar-refractivity contribution in [1.29, 1.82) is 0 Å². The van der Waals surface area contributed by atoms with Gasteiger partial charge in [-0.15, -0.1) is 0 Å². The van der Waals surface area contributed by atoms with Gasteiger partial charge in [0.1, 0.15) is 0 Å². The summed E-state index contributed by atoms with van der Waals surface area (Å²) in [7, 11) is 0. The number of nitrogens with one attached hydrogen (secondary N) is 2. The molecule has 0 aliphatic carbocycles. The third kappa shape index (κ3) is 2.34. The second-order valence-corrected chi connectivity index (χ2v) is 4.95. The highest BCUT2D eigenvalue weighted by Crippen LogP contribution is 2.21. The Kier molecular flexibility index (Phi) is 3.19. The van der Waals surface area contributed by atoms with Crippen LogP contribution in [0.4, 0.5) is 5.69 Å². The molecule has 0 bridgehead atoms. The van der Waals surface area contributed by atoms with Crippen LogP contribution in [0.2, 0.25) is 0 Å². The Balaban J connectivity index is 1.57. The summed E-state index contributed by atoms with van der Waals surface area (Å²) >= 11 is 0. The average molecular weight is 245 g/mol. The molecule has 96 valence electrons. The van der Waals surface area contributed by atoms with Crippen LogP contribution >= 0.6 is 0 Å². The fourth-order valence-corrected chi connectivity index (χ4v) is 2.48. The maximum Gasteiger partial charge on any atom is 0.196 e. The van der Waals surface area contributed by atoms with E-state index in [1.807, 2.05) is 12.1 Å². The molecule has 2 aliphatic heterocycles. The monoisotopic (exact) mass is 245 g/mol. The number of nitrogens with zero attached hydrogens (tertiary/aromatic N) is 1. The van der Waals surface area contributed by atoms with Crippen LogP contribution in [0.25, 0.3) is 0 Å². The molecule has 18 heavy (non-hydrogen) atoms. The topological polar surface area (TPSA) is 45.6 Å². The van der Waals surface area contributed by atoms with E-state index in [1.165, 1.54) is 5.56 Å². The summed E-state index contributed by atoms with van der Waals surface area (Å²) in [5.41, 5.74) is 2.41. The Bertz CT molecular complexity index is 458. The smallest absolute Gasteiger partial charge is 0.196 e. The van der Waals surface area contributed by atoms with Crippen LogP contribution in [0.5, 0.6) is 0 Å².